The van der Waals surface area contributed by atoms with Gasteiger partial charge in [0.1, 0.15) is 12.7 Å². The molecule has 1 aliphatic rings. The lowest BCUT2D eigenvalue weighted by molar-refractivity contribution is -0.120. The average molecular weight is 208 g/mol. The molecule has 2 rings (SSSR count). The lowest BCUT2D eigenvalue weighted by Crippen LogP contribution is -2.05. The molecule has 1 saturated heterocycles. The molecule has 1 aromatic carbocycles. The molecule has 1 aromatic rings. The van der Waals surface area contributed by atoms with Gasteiger partial charge in [-0.3, -0.25) is 4.79 Å². The molecule has 0 aromatic heterocycles. The van der Waals surface area contributed by atoms with Crippen LogP contribution < -0.4 is 9.47 Å². The second kappa shape index (κ2) is 4.31. The molecule has 1 atom stereocenters. The van der Waals surface area contributed by atoms with E-state index in [9.17, 15) is 4.79 Å². The number of carbonyl (C=O) groups is 1. The van der Waals surface area contributed by atoms with Crippen LogP contribution in [-0.4, -0.2) is 25.8 Å². The van der Waals surface area contributed by atoms with Gasteiger partial charge in [0.05, 0.1) is 6.61 Å². The molecule has 1 heterocycles. The van der Waals surface area contributed by atoms with E-state index in [1.54, 1.807) is 12.1 Å². The molecule has 15 heavy (non-hydrogen) atoms. The van der Waals surface area contributed by atoms with Crippen molar-refractivity contribution in [3.63, 3.8) is 0 Å². The van der Waals surface area contributed by atoms with Crippen LogP contribution in [0.3, 0.4) is 0 Å². The minimum atomic E-state index is 0.190. The van der Waals surface area contributed by atoms with Gasteiger partial charge < -0.3 is 14.2 Å². The molecular formula is C11H12O4. The molecule has 1 aliphatic heterocycles. The van der Waals surface area contributed by atoms with Gasteiger partial charge in [0, 0.05) is 0 Å². The lowest BCUT2D eigenvalue weighted by Gasteiger charge is -2.09. The summed E-state index contributed by atoms with van der Waals surface area (Å²) in [6, 6.07) is 5.45. The van der Waals surface area contributed by atoms with Crippen molar-refractivity contribution < 1.29 is 19.0 Å². The van der Waals surface area contributed by atoms with Gasteiger partial charge in [-0.25, -0.2) is 0 Å². The first-order chi connectivity index (χ1) is 7.29. The van der Waals surface area contributed by atoms with Crippen LogP contribution in [-0.2, 0) is 9.53 Å². The Hall–Kier alpha value is -1.55. The predicted molar refractivity (Wildman–Crippen MR) is 53.1 cm³/mol. The molecule has 0 aliphatic carbocycles. The number of carbonyl (C=O) groups excluding carboxylic acids is 1. The van der Waals surface area contributed by atoms with E-state index in [4.69, 9.17) is 14.2 Å². The third-order valence-corrected chi connectivity index (χ3v) is 2.10. The molecule has 0 N–H and O–H groups in total. The molecule has 0 radical (unpaired) electrons. The fourth-order valence-corrected chi connectivity index (χ4v) is 1.23. The zero-order valence-corrected chi connectivity index (χ0v) is 8.43. The topological polar surface area (TPSA) is 48.1 Å². The number of hydrogen-bond donors (Lipinski definition) is 0. The van der Waals surface area contributed by atoms with Gasteiger partial charge in [-0.15, -0.1) is 0 Å². The molecule has 0 spiro atoms. The van der Waals surface area contributed by atoms with Gasteiger partial charge in [0.25, 0.3) is 6.47 Å². The fourth-order valence-electron chi connectivity index (χ4n) is 1.23. The number of ether oxygens (including phenoxy) is 3. The van der Waals surface area contributed by atoms with E-state index in [0.717, 1.165) is 12.2 Å². The summed E-state index contributed by atoms with van der Waals surface area (Å²) in [5, 5.41) is 0. The van der Waals surface area contributed by atoms with E-state index in [1.807, 2.05) is 13.0 Å². The van der Waals surface area contributed by atoms with Crippen LogP contribution in [0.1, 0.15) is 5.56 Å². The molecule has 80 valence electrons. The Balaban J connectivity index is 2.08. The SMILES string of the molecule is Cc1ccc(OC[C@@H]2CO2)c(OC=O)c1. The van der Waals surface area contributed by atoms with Crippen LogP contribution in [0.2, 0.25) is 0 Å². The zero-order chi connectivity index (χ0) is 10.7. The van der Waals surface area contributed by atoms with E-state index >= 15 is 0 Å². The van der Waals surface area contributed by atoms with Crippen LogP contribution in [0.15, 0.2) is 18.2 Å². The maximum atomic E-state index is 10.3. The van der Waals surface area contributed by atoms with Gasteiger partial charge >= 0.3 is 0 Å². The highest BCUT2D eigenvalue weighted by molar-refractivity contribution is 5.51. The first kappa shape index (κ1) is 9.98. The summed E-state index contributed by atoms with van der Waals surface area (Å²) >= 11 is 0. The number of benzene rings is 1. The first-order valence-corrected chi connectivity index (χ1v) is 4.75. The van der Waals surface area contributed by atoms with Crippen molar-refractivity contribution in [2.45, 2.75) is 13.0 Å². The highest BCUT2D eigenvalue weighted by atomic mass is 16.6. The summed E-state index contributed by atoms with van der Waals surface area (Å²) in [7, 11) is 0. The monoisotopic (exact) mass is 208 g/mol. The van der Waals surface area contributed by atoms with E-state index in [-0.39, 0.29) is 6.10 Å². The Bertz CT molecular complexity index is 358. The van der Waals surface area contributed by atoms with Crippen molar-refractivity contribution in [1.82, 2.24) is 0 Å². The molecule has 4 nitrogen and oxygen atoms in total. The van der Waals surface area contributed by atoms with Gasteiger partial charge in [0.2, 0.25) is 0 Å². The summed E-state index contributed by atoms with van der Waals surface area (Å²) in [6.07, 6.45) is 0.190. The summed E-state index contributed by atoms with van der Waals surface area (Å²) < 4.78 is 15.3. The second-order valence-electron chi connectivity index (χ2n) is 3.43. The maximum Gasteiger partial charge on any atom is 0.298 e. The molecule has 0 amide bonds. The first-order valence-electron chi connectivity index (χ1n) is 4.75. The molecule has 1 fully saturated rings. The van der Waals surface area contributed by atoms with E-state index < -0.39 is 0 Å². The Morgan fingerprint density at radius 2 is 2.33 bits per heavy atom. The van der Waals surface area contributed by atoms with Crippen molar-refractivity contribution in [2.24, 2.45) is 0 Å². The second-order valence-corrected chi connectivity index (χ2v) is 3.43. The average Bonchev–Trinajstić information content (AvgIpc) is 3.01. The smallest absolute Gasteiger partial charge is 0.298 e. The Kier molecular flexibility index (Phi) is 2.87. The van der Waals surface area contributed by atoms with Crippen molar-refractivity contribution in [3.05, 3.63) is 23.8 Å². The van der Waals surface area contributed by atoms with E-state index in [1.165, 1.54) is 0 Å². The van der Waals surface area contributed by atoms with Gasteiger partial charge in [-0.2, -0.15) is 0 Å². The third-order valence-electron chi connectivity index (χ3n) is 2.10. The number of rotatable bonds is 5. The summed E-state index contributed by atoms with van der Waals surface area (Å²) in [4.78, 5) is 10.3. The van der Waals surface area contributed by atoms with Crippen molar-refractivity contribution in [1.29, 1.82) is 0 Å². The minimum absolute atomic E-state index is 0.190. The quantitative estimate of drug-likeness (QED) is 0.540. The largest absolute Gasteiger partial charge is 0.487 e. The lowest BCUT2D eigenvalue weighted by atomic mass is 10.2. The number of aryl methyl sites for hydroxylation is 1. The Morgan fingerprint density at radius 1 is 1.53 bits per heavy atom. The molecule has 0 saturated carbocycles. The van der Waals surface area contributed by atoms with E-state index in [0.29, 0.717) is 24.6 Å². The van der Waals surface area contributed by atoms with Gasteiger partial charge in [-0.1, -0.05) is 6.07 Å². The molecule has 0 bridgehead atoms. The highest BCUT2D eigenvalue weighted by Crippen LogP contribution is 2.28. The van der Waals surface area contributed by atoms with Crippen LogP contribution in [0.25, 0.3) is 0 Å². The van der Waals surface area contributed by atoms with Gasteiger partial charge in [0.15, 0.2) is 11.5 Å². The van der Waals surface area contributed by atoms with Crippen LogP contribution >= 0.6 is 0 Å². The fraction of sp³-hybridized carbons (Fsp3) is 0.364. The van der Waals surface area contributed by atoms with Crippen LogP contribution in [0, 0.1) is 6.92 Å². The van der Waals surface area contributed by atoms with Crippen molar-refractivity contribution in [3.8, 4) is 11.5 Å². The summed E-state index contributed by atoms with van der Waals surface area (Å²) in [5.41, 5.74) is 1.02. The normalized spacial score (nSPS) is 18.3. The Labute approximate surface area is 87.8 Å². The highest BCUT2D eigenvalue weighted by Gasteiger charge is 2.23. The maximum absolute atomic E-state index is 10.3. The molecular weight excluding hydrogens is 196 g/mol. The number of hydrogen-bond acceptors (Lipinski definition) is 4. The Morgan fingerprint density at radius 3 is 3.00 bits per heavy atom. The zero-order valence-electron chi connectivity index (χ0n) is 8.43. The van der Waals surface area contributed by atoms with Crippen molar-refractivity contribution in [2.75, 3.05) is 13.2 Å². The minimum Gasteiger partial charge on any atom is -0.487 e. The molecule has 4 heteroatoms. The van der Waals surface area contributed by atoms with Crippen LogP contribution in [0.4, 0.5) is 0 Å². The standard InChI is InChI=1S/C11H12O4/c1-8-2-3-10(11(4-8)15-7-12)14-6-9-5-13-9/h2-4,7,9H,5-6H2,1H3/t9-/m0/s1. The number of epoxide rings is 1. The predicted octanol–water partition coefficient (Wildman–Crippen LogP) is 1.31. The summed E-state index contributed by atoms with van der Waals surface area (Å²) in [5.74, 6) is 1.02. The van der Waals surface area contributed by atoms with Gasteiger partial charge in [-0.05, 0) is 24.6 Å². The third kappa shape index (κ3) is 2.70. The van der Waals surface area contributed by atoms with Crippen LogP contribution in [0.5, 0.6) is 11.5 Å². The van der Waals surface area contributed by atoms with E-state index in [2.05, 4.69) is 0 Å². The van der Waals surface area contributed by atoms with Crippen molar-refractivity contribution >= 4 is 6.47 Å². The molecule has 0 unspecified atom stereocenters. The summed E-state index contributed by atoms with van der Waals surface area (Å²) in [6.45, 7) is 3.56.